The number of anilines is 1. The van der Waals surface area contributed by atoms with E-state index in [1.54, 1.807) is 0 Å². The molecule has 0 aliphatic carbocycles. The van der Waals surface area contributed by atoms with Gasteiger partial charge >= 0.3 is 5.97 Å². The molecule has 0 saturated heterocycles. The molecule has 2 aromatic rings. The number of carboxylic acids is 1. The molecule has 0 spiro atoms. The number of aromatic amines is 1. The minimum absolute atomic E-state index is 0.00635. The maximum atomic E-state index is 11.8. The first-order valence-corrected chi connectivity index (χ1v) is 5.26. The summed E-state index contributed by atoms with van der Waals surface area (Å²) in [6.07, 6.45) is 1.27. The summed E-state index contributed by atoms with van der Waals surface area (Å²) in [6, 6.07) is 6.68. The van der Waals surface area contributed by atoms with Crippen molar-refractivity contribution in [3.05, 3.63) is 58.1 Å². The first-order chi connectivity index (χ1) is 9.06. The Morgan fingerprint density at radius 1 is 1.26 bits per heavy atom. The van der Waals surface area contributed by atoms with E-state index in [9.17, 15) is 14.4 Å². The van der Waals surface area contributed by atoms with Crippen LogP contribution in [-0.4, -0.2) is 27.0 Å². The largest absolute Gasteiger partial charge is 0.478 e. The van der Waals surface area contributed by atoms with E-state index in [1.807, 2.05) is 0 Å². The van der Waals surface area contributed by atoms with Gasteiger partial charge in [-0.05, 0) is 18.2 Å². The van der Waals surface area contributed by atoms with Crippen LogP contribution >= 0.6 is 0 Å². The van der Waals surface area contributed by atoms with Crippen molar-refractivity contribution >= 4 is 17.7 Å². The second-order valence-corrected chi connectivity index (χ2v) is 3.62. The van der Waals surface area contributed by atoms with E-state index in [4.69, 9.17) is 5.11 Å². The highest BCUT2D eigenvalue weighted by Crippen LogP contribution is 2.07. The van der Waals surface area contributed by atoms with E-state index in [0.29, 0.717) is 0 Å². The normalized spacial score (nSPS) is 9.89. The molecule has 2 aromatic heterocycles. The lowest BCUT2D eigenvalue weighted by Crippen LogP contribution is -2.18. The molecule has 2 rings (SSSR count). The highest BCUT2D eigenvalue weighted by atomic mass is 16.4. The number of aromatic carboxylic acids is 1. The smallest absolute Gasteiger partial charge is 0.335 e. The second-order valence-electron chi connectivity index (χ2n) is 3.62. The quantitative estimate of drug-likeness (QED) is 0.751. The molecular formula is C12H9N3O4. The molecule has 0 atom stereocenters. The van der Waals surface area contributed by atoms with Crippen molar-refractivity contribution in [2.45, 2.75) is 0 Å². The molecule has 0 aliphatic heterocycles. The molecule has 1 amide bonds. The van der Waals surface area contributed by atoms with Crippen molar-refractivity contribution < 1.29 is 14.7 Å². The van der Waals surface area contributed by atoms with Crippen molar-refractivity contribution in [1.82, 2.24) is 9.97 Å². The van der Waals surface area contributed by atoms with Crippen LogP contribution in [0, 0.1) is 0 Å². The van der Waals surface area contributed by atoms with Crippen LogP contribution in [0.5, 0.6) is 0 Å². The monoisotopic (exact) mass is 259 g/mol. The predicted molar refractivity (Wildman–Crippen MR) is 66.2 cm³/mol. The van der Waals surface area contributed by atoms with Gasteiger partial charge in [0, 0.05) is 12.3 Å². The standard InChI is InChI=1S/C12H9N3O4/c16-10-3-1-2-8(14-10)11(17)15-9-6-7(12(18)19)4-5-13-9/h1-6H,(H,14,16)(H,18,19)(H,13,15,17). The number of amides is 1. The van der Waals surface area contributed by atoms with E-state index in [-0.39, 0.29) is 17.1 Å². The third-order valence-electron chi connectivity index (χ3n) is 2.26. The van der Waals surface area contributed by atoms with Gasteiger partial charge in [-0.2, -0.15) is 0 Å². The lowest BCUT2D eigenvalue weighted by atomic mass is 10.2. The number of carbonyl (C=O) groups is 2. The van der Waals surface area contributed by atoms with Crippen molar-refractivity contribution in [1.29, 1.82) is 0 Å². The van der Waals surface area contributed by atoms with E-state index in [2.05, 4.69) is 15.3 Å². The Morgan fingerprint density at radius 2 is 2.05 bits per heavy atom. The second kappa shape index (κ2) is 5.13. The average Bonchev–Trinajstić information content (AvgIpc) is 2.39. The molecule has 0 fully saturated rings. The van der Waals surface area contributed by atoms with Crippen LogP contribution < -0.4 is 10.9 Å². The number of carbonyl (C=O) groups excluding carboxylic acids is 1. The Hall–Kier alpha value is -2.96. The Bertz CT molecular complexity index is 693. The molecule has 0 aromatic carbocycles. The number of hydrogen-bond donors (Lipinski definition) is 3. The summed E-state index contributed by atoms with van der Waals surface area (Å²) in [5.74, 6) is -1.60. The fraction of sp³-hybridized carbons (Fsp3) is 0. The number of nitrogens with zero attached hydrogens (tertiary/aromatic N) is 1. The molecule has 0 aliphatic rings. The summed E-state index contributed by atoms with van der Waals surface area (Å²) in [5, 5.41) is 11.2. The van der Waals surface area contributed by atoms with Crippen LogP contribution in [0.3, 0.4) is 0 Å². The van der Waals surface area contributed by atoms with E-state index < -0.39 is 17.4 Å². The fourth-order valence-corrected chi connectivity index (χ4v) is 1.40. The third kappa shape index (κ3) is 3.03. The zero-order chi connectivity index (χ0) is 13.8. The molecule has 0 saturated carbocycles. The van der Waals surface area contributed by atoms with Gasteiger partial charge in [0.25, 0.3) is 5.91 Å². The van der Waals surface area contributed by atoms with Crippen molar-refractivity contribution in [3.63, 3.8) is 0 Å². The Morgan fingerprint density at radius 3 is 2.74 bits per heavy atom. The van der Waals surface area contributed by atoms with Crippen LogP contribution in [0.15, 0.2) is 41.3 Å². The minimum Gasteiger partial charge on any atom is -0.478 e. The molecule has 2 heterocycles. The van der Waals surface area contributed by atoms with Crippen LogP contribution in [-0.2, 0) is 0 Å². The van der Waals surface area contributed by atoms with Crippen molar-refractivity contribution in [3.8, 4) is 0 Å². The highest BCUT2D eigenvalue weighted by molar-refractivity contribution is 6.02. The molecule has 0 unspecified atom stereocenters. The highest BCUT2D eigenvalue weighted by Gasteiger charge is 2.09. The zero-order valence-corrected chi connectivity index (χ0v) is 9.58. The molecular weight excluding hydrogens is 250 g/mol. The molecule has 7 nitrogen and oxygen atoms in total. The first-order valence-electron chi connectivity index (χ1n) is 5.26. The van der Waals surface area contributed by atoms with Gasteiger partial charge in [0.1, 0.15) is 11.5 Å². The number of carboxylic acid groups (broad SMARTS) is 1. The SMILES string of the molecule is O=C(O)c1ccnc(NC(=O)c2cccc(=O)[nH]2)c1. The summed E-state index contributed by atoms with van der Waals surface area (Å²) >= 11 is 0. The third-order valence-corrected chi connectivity index (χ3v) is 2.26. The van der Waals surface area contributed by atoms with Gasteiger partial charge < -0.3 is 15.4 Å². The maximum Gasteiger partial charge on any atom is 0.335 e. The van der Waals surface area contributed by atoms with E-state index >= 15 is 0 Å². The number of H-pyrrole nitrogens is 1. The van der Waals surface area contributed by atoms with Gasteiger partial charge in [-0.1, -0.05) is 6.07 Å². The summed E-state index contributed by atoms with van der Waals surface area (Å²) < 4.78 is 0. The fourth-order valence-electron chi connectivity index (χ4n) is 1.40. The number of nitrogens with one attached hydrogen (secondary N) is 2. The van der Waals surface area contributed by atoms with E-state index in [1.165, 1.54) is 36.5 Å². The van der Waals surface area contributed by atoms with E-state index in [0.717, 1.165) is 0 Å². The minimum atomic E-state index is -1.12. The molecule has 19 heavy (non-hydrogen) atoms. The number of aromatic nitrogens is 2. The summed E-state index contributed by atoms with van der Waals surface area (Å²) in [4.78, 5) is 39.8. The summed E-state index contributed by atoms with van der Waals surface area (Å²) in [7, 11) is 0. The Labute approximate surface area is 106 Å². The van der Waals surface area contributed by atoms with Crippen molar-refractivity contribution in [2.75, 3.05) is 5.32 Å². The van der Waals surface area contributed by atoms with Crippen LogP contribution in [0.1, 0.15) is 20.8 Å². The number of hydrogen-bond acceptors (Lipinski definition) is 4. The summed E-state index contributed by atoms with van der Waals surface area (Å²) in [5.41, 5.74) is -0.332. The molecule has 0 radical (unpaired) electrons. The zero-order valence-electron chi connectivity index (χ0n) is 9.58. The van der Waals surface area contributed by atoms with Crippen LogP contribution in [0.25, 0.3) is 0 Å². The van der Waals surface area contributed by atoms with Gasteiger partial charge in [-0.3, -0.25) is 9.59 Å². The molecule has 3 N–H and O–H groups in total. The van der Waals surface area contributed by atoms with Gasteiger partial charge in [-0.15, -0.1) is 0 Å². The number of rotatable bonds is 3. The Balaban J connectivity index is 2.22. The van der Waals surface area contributed by atoms with Gasteiger partial charge in [-0.25, -0.2) is 9.78 Å². The van der Waals surface area contributed by atoms with Crippen LogP contribution in [0.4, 0.5) is 5.82 Å². The predicted octanol–water partition coefficient (Wildman–Crippen LogP) is 0.720. The topological polar surface area (TPSA) is 112 Å². The van der Waals surface area contributed by atoms with Crippen molar-refractivity contribution in [2.24, 2.45) is 0 Å². The van der Waals surface area contributed by atoms with Crippen LogP contribution in [0.2, 0.25) is 0 Å². The first kappa shape index (κ1) is 12.5. The molecule has 7 heteroatoms. The van der Waals surface area contributed by atoms with Gasteiger partial charge in [0.2, 0.25) is 5.56 Å². The summed E-state index contributed by atoms with van der Waals surface area (Å²) in [6.45, 7) is 0. The lowest BCUT2D eigenvalue weighted by molar-refractivity contribution is 0.0696. The Kier molecular flexibility index (Phi) is 3.37. The molecule has 0 bridgehead atoms. The molecule has 96 valence electrons. The number of pyridine rings is 2. The lowest BCUT2D eigenvalue weighted by Gasteiger charge is -2.04. The maximum absolute atomic E-state index is 11.8. The average molecular weight is 259 g/mol. The van der Waals surface area contributed by atoms with Gasteiger partial charge in [0.05, 0.1) is 5.56 Å². The van der Waals surface area contributed by atoms with Gasteiger partial charge in [0.15, 0.2) is 0 Å².